The second kappa shape index (κ2) is 5.28. The Morgan fingerprint density at radius 2 is 1.76 bits per heavy atom. The van der Waals surface area contributed by atoms with Gasteiger partial charge in [0.25, 0.3) is 0 Å². The molecule has 0 unspecified atom stereocenters. The van der Waals surface area contributed by atoms with Crippen LogP contribution in [0.2, 0.25) is 0 Å². The Hall–Kier alpha value is -1.41. The van der Waals surface area contributed by atoms with Crippen LogP contribution >= 0.6 is 11.8 Å². The molecule has 2 rings (SSSR count). The van der Waals surface area contributed by atoms with E-state index >= 15 is 0 Å². The number of phenolic OH excluding ortho intramolecular Hbond substituents is 1. The van der Waals surface area contributed by atoms with Crippen molar-refractivity contribution in [2.24, 2.45) is 0 Å². The predicted octanol–water partition coefficient (Wildman–Crippen LogP) is 4.41. The third kappa shape index (κ3) is 3.04. The summed E-state index contributed by atoms with van der Waals surface area (Å²) in [5.41, 5.74) is 2.50. The number of aryl methyl sites for hydroxylation is 2. The lowest BCUT2D eigenvalue weighted by molar-refractivity contribution is 0.462. The molecule has 0 heterocycles. The third-order valence-electron chi connectivity index (χ3n) is 2.68. The van der Waals surface area contributed by atoms with Crippen molar-refractivity contribution in [3.05, 3.63) is 53.6 Å². The van der Waals surface area contributed by atoms with Crippen molar-refractivity contribution in [1.82, 2.24) is 0 Å². The van der Waals surface area contributed by atoms with Gasteiger partial charge in [0.2, 0.25) is 0 Å². The molecule has 0 atom stereocenters. The van der Waals surface area contributed by atoms with Gasteiger partial charge in [0.05, 0.1) is 4.90 Å². The highest BCUT2D eigenvalue weighted by Crippen LogP contribution is 2.35. The number of phenols is 1. The number of hydrogen-bond donors (Lipinski definition) is 1. The number of hydrogen-bond acceptors (Lipinski definition) is 2. The molecule has 0 bridgehead atoms. The van der Waals surface area contributed by atoms with E-state index in [0.717, 1.165) is 16.2 Å². The molecule has 0 saturated carbocycles. The summed E-state index contributed by atoms with van der Waals surface area (Å²) < 4.78 is 0. The predicted molar refractivity (Wildman–Crippen MR) is 72.8 cm³/mol. The third-order valence-corrected chi connectivity index (χ3v) is 3.74. The number of benzene rings is 2. The van der Waals surface area contributed by atoms with Crippen LogP contribution in [0.25, 0.3) is 0 Å². The molecular formula is C15H16OS. The fourth-order valence-corrected chi connectivity index (χ4v) is 2.50. The zero-order valence-corrected chi connectivity index (χ0v) is 10.9. The molecule has 1 nitrogen and oxygen atoms in total. The van der Waals surface area contributed by atoms with E-state index in [0.29, 0.717) is 5.75 Å². The molecule has 0 spiro atoms. The maximum Gasteiger partial charge on any atom is 0.129 e. The first kappa shape index (κ1) is 12.1. The fourth-order valence-electron chi connectivity index (χ4n) is 1.59. The van der Waals surface area contributed by atoms with Crippen molar-refractivity contribution in [3.63, 3.8) is 0 Å². The molecular weight excluding hydrogens is 228 g/mol. The van der Waals surface area contributed by atoms with Crippen molar-refractivity contribution in [3.8, 4) is 5.75 Å². The second-order valence-corrected chi connectivity index (χ2v) is 5.19. The molecule has 0 saturated heterocycles. The van der Waals surface area contributed by atoms with E-state index in [1.807, 2.05) is 6.07 Å². The van der Waals surface area contributed by atoms with Gasteiger partial charge >= 0.3 is 0 Å². The Balaban J connectivity index is 2.25. The highest BCUT2D eigenvalue weighted by molar-refractivity contribution is 7.99. The average Bonchev–Trinajstić information content (AvgIpc) is 2.35. The van der Waals surface area contributed by atoms with Crippen LogP contribution < -0.4 is 0 Å². The van der Waals surface area contributed by atoms with Gasteiger partial charge < -0.3 is 5.11 Å². The van der Waals surface area contributed by atoms with Gasteiger partial charge in [-0.1, -0.05) is 42.4 Å². The monoisotopic (exact) mass is 244 g/mol. The minimum Gasteiger partial charge on any atom is -0.507 e. The smallest absolute Gasteiger partial charge is 0.129 e. The Morgan fingerprint density at radius 1 is 1.06 bits per heavy atom. The lowest BCUT2D eigenvalue weighted by Crippen LogP contribution is -1.82. The molecule has 1 N–H and O–H groups in total. The van der Waals surface area contributed by atoms with Gasteiger partial charge in [0.1, 0.15) is 5.75 Å². The topological polar surface area (TPSA) is 20.2 Å². The summed E-state index contributed by atoms with van der Waals surface area (Å²) in [6.45, 7) is 4.19. The summed E-state index contributed by atoms with van der Waals surface area (Å²) >= 11 is 1.60. The van der Waals surface area contributed by atoms with Gasteiger partial charge in [0.15, 0.2) is 0 Å². The Morgan fingerprint density at radius 3 is 2.41 bits per heavy atom. The summed E-state index contributed by atoms with van der Waals surface area (Å²) in [6, 6.07) is 14.1. The molecule has 2 aromatic carbocycles. The Labute approximate surface area is 107 Å². The van der Waals surface area contributed by atoms with Crippen LogP contribution in [0, 0.1) is 6.92 Å². The van der Waals surface area contributed by atoms with Gasteiger partial charge in [-0.2, -0.15) is 0 Å². The second-order valence-electron chi connectivity index (χ2n) is 4.07. The lowest BCUT2D eigenvalue weighted by Gasteiger charge is -2.06. The quantitative estimate of drug-likeness (QED) is 0.862. The van der Waals surface area contributed by atoms with E-state index in [4.69, 9.17) is 0 Å². The first-order valence-corrected chi connectivity index (χ1v) is 6.57. The van der Waals surface area contributed by atoms with Gasteiger partial charge in [-0.25, -0.2) is 0 Å². The number of aromatic hydroxyl groups is 1. The van der Waals surface area contributed by atoms with Crippen molar-refractivity contribution in [2.75, 3.05) is 0 Å². The first-order valence-electron chi connectivity index (χ1n) is 5.75. The van der Waals surface area contributed by atoms with Crippen LogP contribution in [0.15, 0.2) is 52.3 Å². The lowest BCUT2D eigenvalue weighted by atomic mass is 10.2. The largest absolute Gasteiger partial charge is 0.507 e. The molecule has 0 aromatic heterocycles. The summed E-state index contributed by atoms with van der Waals surface area (Å²) in [5.74, 6) is 0.354. The maximum atomic E-state index is 9.83. The van der Waals surface area contributed by atoms with Crippen LogP contribution in [-0.4, -0.2) is 5.11 Å². The van der Waals surface area contributed by atoms with Crippen molar-refractivity contribution in [1.29, 1.82) is 0 Å². The molecule has 0 aliphatic rings. The van der Waals surface area contributed by atoms with Gasteiger partial charge in [0, 0.05) is 4.90 Å². The molecule has 2 heteroatoms. The molecule has 17 heavy (non-hydrogen) atoms. The van der Waals surface area contributed by atoms with E-state index < -0.39 is 0 Å². The molecule has 88 valence electrons. The summed E-state index contributed by atoms with van der Waals surface area (Å²) in [6.07, 6.45) is 0.988. The minimum atomic E-state index is 0.354. The fraction of sp³-hybridized carbons (Fsp3) is 0.200. The molecule has 0 aliphatic carbocycles. The molecule has 0 radical (unpaired) electrons. The molecule has 0 fully saturated rings. The van der Waals surface area contributed by atoms with Crippen LogP contribution in [0.3, 0.4) is 0 Å². The summed E-state index contributed by atoms with van der Waals surface area (Å²) in [7, 11) is 0. The average molecular weight is 244 g/mol. The molecule has 2 aromatic rings. The normalized spacial score (nSPS) is 10.5. The van der Waals surface area contributed by atoms with Gasteiger partial charge in [-0.15, -0.1) is 0 Å². The SMILES string of the molecule is CCc1ccc(O)c(Sc2ccc(C)cc2)c1. The van der Waals surface area contributed by atoms with E-state index in [2.05, 4.69) is 44.2 Å². The van der Waals surface area contributed by atoms with Crippen LogP contribution in [-0.2, 0) is 6.42 Å². The van der Waals surface area contributed by atoms with Crippen molar-refractivity contribution in [2.45, 2.75) is 30.1 Å². The van der Waals surface area contributed by atoms with Gasteiger partial charge in [-0.05, 0) is 43.2 Å². The number of rotatable bonds is 3. The van der Waals surface area contributed by atoms with E-state index in [-0.39, 0.29) is 0 Å². The maximum absolute atomic E-state index is 9.83. The highest BCUT2D eigenvalue weighted by Gasteiger charge is 2.04. The van der Waals surface area contributed by atoms with Crippen LogP contribution in [0.5, 0.6) is 5.75 Å². The molecule has 0 aliphatic heterocycles. The Kier molecular flexibility index (Phi) is 3.75. The van der Waals surface area contributed by atoms with Crippen LogP contribution in [0.1, 0.15) is 18.1 Å². The van der Waals surface area contributed by atoms with E-state index in [9.17, 15) is 5.11 Å². The zero-order chi connectivity index (χ0) is 12.3. The van der Waals surface area contributed by atoms with E-state index in [1.165, 1.54) is 11.1 Å². The summed E-state index contributed by atoms with van der Waals surface area (Å²) in [4.78, 5) is 2.08. The molecule has 0 amide bonds. The standard InChI is InChI=1S/C15H16OS/c1-3-12-6-9-14(16)15(10-12)17-13-7-4-11(2)5-8-13/h4-10,16H,3H2,1-2H3. The minimum absolute atomic E-state index is 0.354. The summed E-state index contributed by atoms with van der Waals surface area (Å²) in [5, 5.41) is 9.83. The van der Waals surface area contributed by atoms with Crippen molar-refractivity contribution < 1.29 is 5.11 Å². The van der Waals surface area contributed by atoms with Gasteiger partial charge in [-0.3, -0.25) is 0 Å². The van der Waals surface area contributed by atoms with Crippen molar-refractivity contribution >= 4 is 11.8 Å². The zero-order valence-electron chi connectivity index (χ0n) is 10.1. The Bertz CT molecular complexity index is 503. The highest BCUT2D eigenvalue weighted by atomic mass is 32.2. The van der Waals surface area contributed by atoms with Crippen LogP contribution in [0.4, 0.5) is 0 Å². The van der Waals surface area contributed by atoms with E-state index in [1.54, 1.807) is 17.8 Å². The first-order chi connectivity index (χ1) is 8.19.